The van der Waals surface area contributed by atoms with Gasteiger partial charge < -0.3 is 0 Å². The molecule has 0 spiro atoms. The topological polar surface area (TPSA) is 12.9 Å². The van der Waals surface area contributed by atoms with Crippen LogP contribution in [0.3, 0.4) is 0 Å². The van der Waals surface area contributed by atoms with E-state index >= 15 is 0 Å². The lowest BCUT2D eigenvalue weighted by Crippen LogP contribution is -2.02. The molecular formula is C25H14F5N. The summed E-state index contributed by atoms with van der Waals surface area (Å²) >= 11 is 0. The van der Waals surface area contributed by atoms with E-state index in [0.717, 1.165) is 28.7 Å². The van der Waals surface area contributed by atoms with Crippen molar-refractivity contribution >= 4 is 10.8 Å². The van der Waals surface area contributed by atoms with E-state index in [2.05, 4.69) is 4.98 Å². The fourth-order valence-corrected chi connectivity index (χ4v) is 3.22. The van der Waals surface area contributed by atoms with Crippen LogP contribution in [0.15, 0.2) is 66.9 Å². The third-order valence-corrected chi connectivity index (χ3v) is 4.80. The van der Waals surface area contributed by atoms with Gasteiger partial charge in [0.25, 0.3) is 0 Å². The van der Waals surface area contributed by atoms with Crippen molar-refractivity contribution in [1.82, 2.24) is 4.98 Å². The third-order valence-electron chi connectivity index (χ3n) is 4.80. The molecule has 0 aliphatic carbocycles. The van der Waals surface area contributed by atoms with Crippen molar-refractivity contribution < 1.29 is 22.0 Å². The van der Waals surface area contributed by atoms with Gasteiger partial charge in [-0.1, -0.05) is 53.9 Å². The highest BCUT2D eigenvalue weighted by atomic mass is 19.4. The highest BCUT2D eigenvalue weighted by Gasteiger charge is 2.24. The molecule has 0 aliphatic heterocycles. The molecule has 4 rings (SSSR count). The Bertz CT molecular complexity index is 1330. The number of fused-ring (bicyclic) bond motifs is 1. The minimum Gasteiger partial charge on any atom is -0.256 e. The second-order valence-corrected chi connectivity index (χ2v) is 7.03. The summed E-state index contributed by atoms with van der Waals surface area (Å²) in [5.74, 6) is 0.176. The lowest BCUT2D eigenvalue weighted by Gasteiger charge is -2.08. The Kier molecular flexibility index (Phi) is 5.20. The van der Waals surface area contributed by atoms with Gasteiger partial charge in [-0.25, -0.2) is 8.78 Å². The molecule has 0 atom stereocenters. The van der Waals surface area contributed by atoms with Crippen molar-refractivity contribution in [3.63, 3.8) is 0 Å². The van der Waals surface area contributed by atoms with Crippen LogP contribution in [-0.2, 0) is 0 Å². The minimum absolute atomic E-state index is 0.0205. The van der Waals surface area contributed by atoms with E-state index in [-0.39, 0.29) is 10.8 Å². The Balaban J connectivity index is 1.71. The van der Waals surface area contributed by atoms with Crippen molar-refractivity contribution in [2.24, 2.45) is 0 Å². The summed E-state index contributed by atoms with van der Waals surface area (Å²) in [6.07, 6.45) is -3.13. The van der Waals surface area contributed by atoms with Crippen LogP contribution in [0.2, 0.25) is 0 Å². The summed E-state index contributed by atoms with van der Waals surface area (Å²) in [4.78, 5) is 4.44. The number of rotatable bonds is 2. The largest absolute Gasteiger partial charge is 0.458 e. The van der Waals surface area contributed by atoms with E-state index in [1.54, 1.807) is 24.3 Å². The first-order valence-corrected chi connectivity index (χ1v) is 9.26. The molecule has 1 heterocycles. The van der Waals surface area contributed by atoms with Gasteiger partial charge in [0.1, 0.15) is 11.6 Å². The molecule has 0 unspecified atom stereocenters. The van der Waals surface area contributed by atoms with E-state index < -0.39 is 23.4 Å². The lowest BCUT2D eigenvalue weighted by molar-refractivity contribution is -0.0696. The van der Waals surface area contributed by atoms with Crippen molar-refractivity contribution in [3.05, 3.63) is 89.6 Å². The van der Waals surface area contributed by atoms with E-state index in [0.29, 0.717) is 11.3 Å². The first kappa shape index (κ1) is 20.5. The minimum atomic E-state index is -4.84. The van der Waals surface area contributed by atoms with Crippen LogP contribution >= 0.6 is 0 Å². The summed E-state index contributed by atoms with van der Waals surface area (Å²) < 4.78 is 65.7. The molecular weight excluding hydrogens is 409 g/mol. The molecule has 0 saturated heterocycles. The fourth-order valence-electron chi connectivity index (χ4n) is 3.22. The Morgan fingerprint density at radius 2 is 1.48 bits per heavy atom. The second-order valence-electron chi connectivity index (χ2n) is 7.03. The normalized spacial score (nSPS) is 11.3. The van der Waals surface area contributed by atoms with Gasteiger partial charge >= 0.3 is 6.18 Å². The number of alkyl halides is 3. The number of aryl methyl sites for hydroxylation is 1. The molecule has 0 saturated carbocycles. The van der Waals surface area contributed by atoms with Gasteiger partial charge in [0.15, 0.2) is 0 Å². The molecule has 0 bridgehead atoms. The number of benzene rings is 3. The number of pyridine rings is 1. The predicted molar refractivity (Wildman–Crippen MR) is 110 cm³/mol. The Morgan fingerprint density at radius 3 is 2.13 bits per heavy atom. The highest BCUT2D eigenvalue weighted by Crippen LogP contribution is 2.29. The van der Waals surface area contributed by atoms with E-state index in [1.165, 1.54) is 12.1 Å². The van der Waals surface area contributed by atoms with Crippen molar-refractivity contribution in [2.45, 2.75) is 13.1 Å². The fraction of sp³-hybridized carbons (Fsp3) is 0.0800. The molecule has 1 aromatic heterocycles. The Labute approximate surface area is 175 Å². The molecule has 4 aromatic rings. The number of hydrogen-bond donors (Lipinski definition) is 0. The van der Waals surface area contributed by atoms with Gasteiger partial charge in [-0.05, 0) is 36.1 Å². The average Bonchev–Trinajstić information content (AvgIpc) is 2.73. The van der Waals surface area contributed by atoms with E-state index in [4.69, 9.17) is 0 Å². The molecule has 3 aromatic carbocycles. The molecule has 31 heavy (non-hydrogen) atoms. The molecule has 0 aliphatic rings. The van der Waals surface area contributed by atoms with Crippen molar-refractivity contribution in [1.29, 1.82) is 0 Å². The van der Waals surface area contributed by atoms with Crippen LogP contribution in [0.4, 0.5) is 22.0 Å². The molecule has 154 valence electrons. The van der Waals surface area contributed by atoms with Crippen LogP contribution in [0.25, 0.3) is 33.2 Å². The summed E-state index contributed by atoms with van der Waals surface area (Å²) in [5, 5.41) is 0.183. The average molecular weight is 423 g/mol. The van der Waals surface area contributed by atoms with Gasteiger partial charge in [0, 0.05) is 28.6 Å². The monoisotopic (exact) mass is 423 g/mol. The summed E-state index contributed by atoms with van der Waals surface area (Å²) in [6, 6.07) is 17.2. The van der Waals surface area contributed by atoms with Gasteiger partial charge in [-0.3, -0.25) is 4.98 Å². The van der Waals surface area contributed by atoms with Gasteiger partial charge in [-0.2, -0.15) is 13.2 Å². The third kappa shape index (κ3) is 4.41. The molecule has 0 amide bonds. The predicted octanol–water partition coefficient (Wildman–Crippen LogP) is 7.07. The number of halogens is 5. The first-order chi connectivity index (χ1) is 14.7. The standard InChI is InChI=1S/C25H14F5N/c1-15-2-4-16(5-3-15)18-7-9-23(31-14-18)17-6-8-20-19(12-17)13-22(26)21(24(20)27)10-11-25(28,29)30/h2-9,12-14H,1H3. The van der Waals surface area contributed by atoms with E-state index in [9.17, 15) is 22.0 Å². The van der Waals surface area contributed by atoms with Crippen LogP contribution in [-0.4, -0.2) is 11.2 Å². The van der Waals surface area contributed by atoms with Gasteiger partial charge in [0.05, 0.1) is 11.3 Å². The quantitative estimate of drug-likeness (QED) is 0.248. The number of nitrogens with zero attached hydrogens (tertiary/aromatic N) is 1. The summed E-state index contributed by atoms with van der Waals surface area (Å²) in [5.41, 5.74) is 3.40. The molecule has 0 N–H and O–H groups in total. The van der Waals surface area contributed by atoms with Crippen LogP contribution in [0.1, 0.15) is 11.1 Å². The summed E-state index contributed by atoms with van der Waals surface area (Å²) in [6.45, 7) is 2.00. The zero-order valence-electron chi connectivity index (χ0n) is 16.2. The van der Waals surface area contributed by atoms with Crippen LogP contribution in [0.5, 0.6) is 0 Å². The Morgan fingerprint density at radius 1 is 0.806 bits per heavy atom. The second kappa shape index (κ2) is 7.84. The van der Waals surface area contributed by atoms with Crippen molar-refractivity contribution in [3.8, 4) is 34.2 Å². The molecule has 6 heteroatoms. The highest BCUT2D eigenvalue weighted by molar-refractivity contribution is 5.89. The number of aromatic nitrogens is 1. The maximum absolute atomic E-state index is 14.6. The number of hydrogen-bond acceptors (Lipinski definition) is 1. The van der Waals surface area contributed by atoms with Crippen LogP contribution < -0.4 is 0 Å². The maximum Gasteiger partial charge on any atom is 0.458 e. The van der Waals surface area contributed by atoms with Gasteiger partial charge in [-0.15, -0.1) is 0 Å². The first-order valence-electron chi connectivity index (χ1n) is 9.26. The SMILES string of the molecule is Cc1ccc(-c2ccc(-c3ccc4c(F)c(C#CC(F)(F)F)c(F)cc4c3)nc2)cc1. The molecule has 0 radical (unpaired) electrons. The zero-order chi connectivity index (χ0) is 22.2. The van der Waals surface area contributed by atoms with Gasteiger partial charge in [0.2, 0.25) is 0 Å². The maximum atomic E-state index is 14.6. The molecule has 1 nitrogen and oxygen atoms in total. The Hall–Kier alpha value is -3.72. The van der Waals surface area contributed by atoms with Crippen LogP contribution in [0, 0.1) is 30.4 Å². The smallest absolute Gasteiger partial charge is 0.256 e. The zero-order valence-corrected chi connectivity index (χ0v) is 16.2. The lowest BCUT2D eigenvalue weighted by atomic mass is 10.0. The van der Waals surface area contributed by atoms with E-state index in [1.807, 2.05) is 37.3 Å². The van der Waals surface area contributed by atoms with Crippen molar-refractivity contribution in [2.75, 3.05) is 0 Å². The summed E-state index contributed by atoms with van der Waals surface area (Å²) in [7, 11) is 0. The molecule has 0 fully saturated rings.